The fraction of sp³-hybridized carbons (Fsp3) is 0.294. The normalized spacial score (nSPS) is 25.3. The largest absolute Gasteiger partial charge is 0.378 e. The summed E-state index contributed by atoms with van der Waals surface area (Å²) < 4.78 is 6.97. The van der Waals surface area contributed by atoms with Gasteiger partial charge in [-0.1, -0.05) is 28.1 Å². The molecule has 2 aliphatic rings. The summed E-state index contributed by atoms with van der Waals surface area (Å²) in [6.45, 7) is 0.687. The first kappa shape index (κ1) is 14.7. The molecular formula is C17H15BrN2O3. The van der Waals surface area contributed by atoms with Crippen LogP contribution in [-0.4, -0.2) is 11.5 Å². The van der Waals surface area contributed by atoms with Gasteiger partial charge in [-0.2, -0.15) is 0 Å². The zero-order chi connectivity index (χ0) is 16.0. The highest BCUT2D eigenvalue weighted by Gasteiger charge is 2.42. The molecule has 0 spiro atoms. The van der Waals surface area contributed by atoms with Gasteiger partial charge < -0.3 is 10.1 Å². The lowest BCUT2D eigenvalue weighted by atomic mass is 9.81. The minimum Gasteiger partial charge on any atom is -0.378 e. The molecule has 2 aromatic carbocycles. The van der Waals surface area contributed by atoms with Crippen LogP contribution in [0.2, 0.25) is 0 Å². The molecule has 0 aromatic heterocycles. The number of halogens is 1. The number of hydrogen-bond acceptors (Lipinski definition) is 4. The molecule has 0 radical (unpaired) electrons. The van der Waals surface area contributed by atoms with E-state index in [9.17, 15) is 10.1 Å². The van der Waals surface area contributed by atoms with Crippen LogP contribution < -0.4 is 5.32 Å². The van der Waals surface area contributed by atoms with Crippen molar-refractivity contribution < 1.29 is 9.66 Å². The lowest BCUT2D eigenvalue weighted by Crippen LogP contribution is -2.29. The van der Waals surface area contributed by atoms with Crippen molar-refractivity contribution in [2.24, 2.45) is 5.92 Å². The lowest BCUT2D eigenvalue weighted by molar-refractivity contribution is -0.385. The van der Waals surface area contributed by atoms with E-state index >= 15 is 0 Å². The monoisotopic (exact) mass is 374 g/mol. The zero-order valence-corrected chi connectivity index (χ0v) is 13.8. The molecular weight excluding hydrogens is 360 g/mol. The Morgan fingerprint density at radius 2 is 2.00 bits per heavy atom. The average molecular weight is 375 g/mol. The van der Waals surface area contributed by atoms with E-state index in [0.717, 1.165) is 22.1 Å². The first-order chi connectivity index (χ1) is 11.1. The SMILES string of the molecule is O=[N+]([O-])c1ccc2c(c1)[C@@H]1OCC[C@@H]1[C@H](c1ccc(Br)cc1)N2. The van der Waals surface area contributed by atoms with E-state index in [1.165, 1.54) is 5.56 Å². The van der Waals surface area contributed by atoms with Gasteiger partial charge in [0.2, 0.25) is 0 Å². The van der Waals surface area contributed by atoms with Crippen molar-refractivity contribution in [2.45, 2.75) is 18.6 Å². The summed E-state index contributed by atoms with van der Waals surface area (Å²) >= 11 is 3.46. The molecule has 5 nitrogen and oxygen atoms in total. The second-order valence-corrected chi connectivity index (χ2v) is 6.86. The van der Waals surface area contributed by atoms with Crippen molar-refractivity contribution in [3.63, 3.8) is 0 Å². The minimum atomic E-state index is -0.356. The molecule has 0 saturated carbocycles. The Hall–Kier alpha value is -1.92. The van der Waals surface area contributed by atoms with Crippen molar-refractivity contribution in [1.29, 1.82) is 0 Å². The Bertz CT molecular complexity index is 763. The number of fused-ring (bicyclic) bond motifs is 3. The number of rotatable bonds is 2. The number of anilines is 1. The van der Waals surface area contributed by atoms with Crippen LogP contribution in [0.1, 0.15) is 29.7 Å². The minimum absolute atomic E-state index is 0.0835. The van der Waals surface area contributed by atoms with E-state index in [1.54, 1.807) is 18.2 Å². The van der Waals surface area contributed by atoms with Gasteiger partial charge in [-0.05, 0) is 30.2 Å². The van der Waals surface area contributed by atoms with Gasteiger partial charge in [0, 0.05) is 40.4 Å². The number of nitrogens with one attached hydrogen (secondary N) is 1. The summed E-state index contributed by atoms with van der Waals surface area (Å²) in [5, 5.41) is 14.6. The van der Waals surface area contributed by atoms with Crippen LogP contribution in [-0.2, 0) is 4.74 Å². The van der Waals surface area contributed by atoms with Crippen molar-refractivity contribution in [1.82, 2.24) is 0 Å². The lowest BCUT2D eigenvalue weighted by Gasteiger charge is -2.36. The number of nitro benzene ring substituents is 1. The maximum atomic E-state index is 11.0. The van der Waals surface area contributed by atoms with Gasteiger partial charge in [0.1, 0.15) is 0 Å². The van der Waals surface area contributed by atoms with Crippen LogP contribution in [0.3, 0.4) is 0 Å². The Kier molecular flexibility index (Phi) is 3.58. The summed E-state index contributed by atoms with van der Waals surface area (Å²) in [5.41, 5.74) is 3.14. The third-order valence-electron chi connectivity index (χ3n) is 4.66. The van der Waals surface area contributed by atoms with Crippen LogP contribution in [0.4, 0.5) is 11.4 Å². The summed E-state index contributed by atoms with van der Waals surface area (Å²) in [4.78, 5) is 10.7. The molecule has 6 heteroatoms. The Morgan fingerprint density at radius 1 is 1.22 bits per heavy atom. The molecule has 4 rings (SSSR count). The predicted octanol–water partition coefficient (Wildman–Crippen LogP) is 4.60. The van der Waals surface area contributed by atoms with Crippen molar-refractivity contribution in [3.8, 4) is 0 Å². The molecule has 0 unspecified atom stereocenters. The van der Waals surface area contributed by atoms with Crippen LogP contribution in [0.25, 0.3) is 0 Å². The molecule has 0 bridgehead atoms. The topological polar surface area (TPSA) is 64.4 Å². The number of hydrogen-bond donors (Lipinski definition) is 1. The van der Waals surface area contributed by atoms with E-state index in [4.69, 9.17) is 4.74 Å². The van der Waals surface area contributed by atoms with E-state index in [1.807, 2.05) is 12.1 Å². The van der Waals surface area contributed by atoms with Crippen molar-refractivity contribution in [2.75, 3.05) is 11.9 Å². The van der Waals surface area contributed by atoms with Gasteiger partial charge in [-0.3, -0.25) is 10.1 Å². The molecule has 3 atom stereocenters. The van der Waals surface area contributed by atoms with E-state index in [-0.39, 0.29) is 28.7 Å². The molecule has 2 heterocycles. The van der Waals surface area contributed by atoms with E-state index < -0.39 is 0 Å². The van der Waals surface area contributed by atoms with Gasteiger partial charge in [0.15, 0.2) is 0 Å². The summed E-state index contributed by atoms with van der Waals surface area (Å²) in [6.07, 6.45) is 0.861. The molecule has 0 aliphatic carbocycles. The van der Waals surface area contributed by atoms with Gasteiger partial charge in [0.25, 0.3) is 5.69 Å². The van der Waals surface area contributed by atoms with Crippen molar-refractivity contribution >= 4 is 27.3 Å². The molecule has 1 saturated heterocycles. The molecule has 1 N–H and O–H groups in total. The molecule has 118 valence electrons. The number of nitrogens with zero attached hydrogens (tertiary/aromatic N) is 1. The Morgan fingerprint density at radius 3 is 2.74 bits per heavy atom. The predicted molar refractivity (Wildman–Crippen MR) is 90.4 cm³/mol. The molecule has 0 amide bonds. The molecule has 2 aliphatic heterocycles. The molecule has 2 aromatic rings. The van der Waals surface area contributed by atoms with Gasteiger partial charge in [-0.25, -0.2) is 0 Å². The second kappa shape index (κ2) is 5.62. The van der Waals surface area contributed by atoms with Crippen LogP contribution in [0.5, 0.6) is 0 Å². The van der Waals surface area contributed by atoms with Crippen LogP contribution in [0.15, 0.2) is 46.9 Å². The Balaban J connectivity index is 1.76. The highest BCUT2D eigenvalue weighted by Crippen LogP contribution is 2.50. The quantitative estimate of drug-likeness (QED) is 0.616. The average Bonchev–Trinajstić information content (AvgIpc) is 3.04. The second-order valence-electron chi connectivity index (χ2n) is 5.95. The van der Waals surface area contributed by atoms with Gasteiger partial charge >= 0.3 is 0 Å². The fourth-order valence-electron chi connectivity index (χ4n) is 3.57. The Labute approximate surface area is 141 Å². The summed E-state index contributed by atoms with van der Waals surface area (Å²) in [6, 6.07) is 13.4. The third-order valence-corrected chi connectivity index (χ3v) is 5.19. The number of non-ortho nitro benzene ring substituents is 1. The van der Waals surface area contributed by atoms with E-state index in [0.29, 0.717) is 6.61 Å². The smallest absolute Gasteiger partial charge is 0.269 e. The van der Waals surface area contributed by atoms with Crippen molar-refractivity contribution in [3.05, 3.63) is 68.2 Å². The highest BCUT2D eigenvalue weighted by molar-refractivity contribution is 9.10. The summed E-state index contributed by atoms with van der Waals surface area (Å²) in [7, 11) is 0. The summed E-state index contributed by atoms with van der Waals surface area (Å²) in [5.74, 6) is 0.283. The molecule has 23 heavy (non-hydrogen) atoms. The zero-order valence-electron chi connectivity index (χ0n) is 12.2. The van der Waals surface area contributed by atoms with Crippen LogP contribution >= 0.6 is 15.9 Å². The van der Waals surface area contributed by atoms with Gasteiger partial charge in [0.05, 0.1) is 17.1 Å². The first-order valence-electron chi connectivity index (χ1n) is 7.55. The number of nitro groups is 1. The molecule has 1 fully saturated rings. The third kappa shape index (κ3) is 2.52. The van der Waals surface area contributed by atoms with Crippen LogP contribution in [0, 0.1) is 16.0 Å². The fourth-order valence-corrected chi connectivity index (χ4v) is 3.84. The van der Waals surface area contributed by atoms with E-state index in [2.05, 4.69) is 33.4 Å². The maximum Gasteiger partial charge on any atom is 0.269 e. The van der Waals surface area contributed by atoms with Gasteiger partial charge in [-0.15, -0.1) is 0 Å². The standard InChI is InChI=1S/C17H15BrN2O3/c18-11-3-1-10(2-4-11)16-13-7-8-23-17(13)14-9-12(20(21)22)5-6-15(14)19-16/h1-6,9,13,16-17,19H,7-8H2/t13-,16+,17-/m1/s1. The highest BCUT2D eigenvalue weighted by atomic mass is 79.9. The number of ether oxygens (including phenoxy) is 1. The first-order valence-corrected chi connectivity index (χ1v) is 8.35. The maximum absolute atomic E-state index is 11.0. The number of benzene rings is 2.